The highest BCUT2D eigenvalue weighted by Gasteiger charge is 2.50. The van der Waals surface area contributed by atoms with E-state index in [0.717, 1.165) is 29.3 Å². The predicted octanol–water partition coefficient (Wildman–Crippen LogP) is 2.36. The van der Waals surface area contributed by atoms with E-state index in [9.17, 15) is 26.6 Å². The van der Waals surface area contributed by atoms with Crippen molar-refractivity contribution in [3.05, 3.63) is 71.3 Å². The second kappa shape index (κ2) is 12.2. The molecule has 0 aromatic heterocycles. The van der Waals surface area contributed by atoms with Crippen molar-refractivity contribution in [1.82, 2.24) is 14.3 Å². The number of aryl methyl sites for hydroxylation is 1. The van der Waals surface area contributed by atoms with E-state index in [0.29, 0.717) is 18.5 Å². The number of nitrogens with one attached hydrogen (secondary N) is 2. The summed E-state index contributed by atoms with van der Waals surface area (Å²) < 4.78 is 66.6. The van der Waals surface area contributed by atoms with E-state index in [1.165, 1.54) is 31.8 Å². The van der Waals surface area contributed by atoms with E-state index in [-0.39, 0.29) is 6.42 Å². The summed E-state index contributed by atoms with van der Waals surface area (Å²) in [5.41, 5.74) is -3.76. The second-order valence-corrected chi connectivity index (χ2v) is 11.7. The Hall–Kier alpha value is -2.21. The molecule has 0 spiro atoms. The van der Waals surface area contributed by atoms with Crippen LogP contribution in [0.3, 0.4) is 0 Å². The minimum atomic E-state index is -5.72. The number of amides is 1. The molecule has 2 rings (SSSR count). The summed E-state index contributed by atoms with van der Waals surface area (Å²) in [5.74, 6) is -0.584. The first-order valence-electron chi connectivity index (χ1n) is 10.8. The maximum absolute atomic E-state index is 13.9. The minimum absolute atomic E-state index is 0.162. The zero-order valence-corrected chi connectivity index (χ0v) is 21.1. The Morgan fingerprint density at radius 2 is 1.63 bits per heavy atom. The summed E-state index contributed by atoms with van der Waals surface area (Å²) in [6.07, 6.45) is 2.15. The van der Waals surface area contributed by atoms with Gasteiger partial charge in [0.1, 0.15) is 6.04 Å². The van der Waals surface area contributed by atoms with Crippen LogP contribution in [0.25, 0.3) is 0 Å². The summed E-state index contributed by atoms with van der Waals surface area (Å²) in [6, 6.07) is 12.6. The molecule has 2 aromatic carbocycles. The van der Waals surface area contributed by atoms with Crippen LogP contribution >= 0.6 is 7.60 Å². The van der Waals surface area contributed by atoms with E-state index in [4.69, 9.17) is 9.79 Å². The van der Waals surface area contributed by atoms with Crippen LogP contribution in [0.15, 0.2) is 54.6 Å². The van der Waals surface area contributed by atoms with Crippen LogP contribution in [-0.2, 0) is 38.1 Å². The van der Waals surface area contributed by atoms with Crippen molar-refractivity contribution in [2.45, 2.75) is 37.4 Å². The predicted molar refractivity (Wildman–Crippen MR) is 128 cm³/mol. The molecule has 0 heterocycles. The van der Waals surface area contributed by atoms with Crippen molar-refractivity contribution in [2.75, 3.05) is 20.6 Å². The highest BCUT2D eigenvalue weighted by Crippen LogP contribution is 2.59. The number of halogens is 2. The maximum atomic E-state index is 13.9. The van der Waals surface area contributed by atoms with Gasteiger partial charge in [-0.25, -0.2) is 0 Å². The molecular formula is C22H30F2N3O6PS. The molecule has 13 heteroatoms. The van der Waals surface area contributed by atoms with Gasteiger partial charge in [-0.2, -0.15) is 26.2 Å². The van der Waals surface area contributed by atoms with Gasteiger partial charge in [-0.3, -0.25) is 9.36 Å². The normalized spacial score (nSPS) is 13.6. The molecule has 35 heavy (non-hydrogen) atoms. The van der Waals surface area contributed by atoms with E-state index < -0.39 is 41.0 Å². The van der Waals surface area contributed by atoms with Gasteiger partial charge < -0.3 is 15.1 Å². The SMILES string of the molecule is CN(C)S(=O)(=O)NC(Cc1ccc(C(F)(F)P(=O)(O)O)cc1)C(=O)NCCCCc1ccccc1. The Morgan fingerprint density at radius 1 is 1.03 bits per heavy atom. The van der Waals surface area contributed by atoms with E-state index in [1.807, 2.05) is 30.3 Å². The molecule has 1 unspecified atom stereocenters. The number of rotatable bonds is 13. The molecule has 194 valence electrons. The number of benzene rings is 2. The first kappa shape index (κ1) is 29.0. The lowest BCUT2D eigenvalue weighted by Gasteiger charge is -2.22. The molecule has 0 saturated heterocycles. The number of unbranched alkanes of at least 4 members (excludes halogenated alkanes) is 1. The Kier molecular flexibility index (Phi) is 10.1. The molecule has 1 amide bonds. The van der Waals surface area contributed by atoms with Crippen LogP contribution in [0.2, 0.25) is 0 Å². The summed E-state index contributed by atoms with van der Waals surface area (Å²) in [7, 11) is -7.12. The standard InChI is InChI=1S/C22H30F2N3O6PS/c1-27(2)35(32,33)26-20(21(28)25-15-7-6-10-17-8-4-3-5-9-17)16-18-11-13-19(14-12-18)22(23,24)34(29,30)31/h3-5,8-9,11-14,20,26H,6-7,10,15-16H2,1-2H3,(H,25,28)(H2,29,30,31). The summed E-state index contributed by atoms with van der Waals surface area (Å²) in [4.78, 5) is 30.5. The van der Waals surface area contributed by atoms with Crippen LogP contribution in [-0.4, -0.2) is 55.1 Å². The third-order valence-electron chi connectivity index (χ3n) is 5.23. The van der Waals surface area contributed by atoms with Crippen molar-refractivity contribution in [1.29, 1.82) is 0 Å². The number of carbonyl (C=O) groups is 1. The van der Waals surface area contributed by atoms with Crippen molar-refractivity contribution in [2.24, 2.45) is 0 Å². The molecule has 0 aliphatic rings. The molecule has 2 aromatic rings. The fourth-order valence-electron chi connectivity index (χ4n) is 3.15. The van der Waals surface area contributed by atoms with E-state index >= 15 is 0 Å². The van der Waals surface area contributed by atoms with Crippen LogP contribution in [0.4, 0.5) is 8.78 Å². The second-order valence-electron chi connectivity index (χ2n) is 8.18. The van der Waals surface area contributed by atoms with Gasteiger partial charge in [0.15, 0.2) is 0 Å². The number of alkyl halides is 2. The van der Waals surface area contributed by atoms with Crippen LogP contribution < -0.4 is 10.0 Å². The fourth-order valence-corrected chi connectivity index (χ4v) is 4.40. The molecule has 0 fully saturated rings. The maximum Gasteiger partial charge on any atom is 0.399 e. The quantitative estimate of drug-likeness (QED) is 0.231. The van der Waals surface area contributed by atoms with Gasteiger partial charge in [0, 0.05) is 26.2 Å². The Bertz CT molecular complexity index is 1130. The lowest BCUT2D eigenvalue weighted by atomic mass is 10.0. The lowest BCUT2D eigenvalue weighted by Crippen LogP contribution is -2.51. The van der Waals surface area contributed by atoms with E-state index in [1.54, 1.807) is 0 Å². The topological polar surface area (TPSA) is 136 Å². The smallest absolute Gasteiger partial charge is 0.355 e. The summed E-state index contributed by atoms with van der Waals surface area (Å²) in [5, 5.41) is 2.70. The zero-order valence-electron chi connectivity index (χ0n) is 19.4. The van der Waals surface area contributed by atoms with Crippen molar-refractivity contribution in [3.8, 4) is 0 Å². The average molecular weight is 534 g/mol. The lowest BCUT2D eigenvalue weighted by molar-refractivity contribution is -0.122. The minimum Gasteiger partial charge on any atom is -0.355 e. The van der Waals surface area contributed by atoms with Gasteiger partial charge in [0.2, 0.25) is 5.91 Å². The van der Waals surface area contributed by atoms with Crippen molar-refractivity contribution < 1.29 is 36.3 Å². The van der Waals surface area contributed by atoms with Gasteiger partial charge in [0.25, 0.3) is 10.2 Å². The molecule has 0 radical (unpaired) electrons. The number of hydrogen-bond donors (Lipinski definition) is 4. The molecular weight excluding hydrogens is 503 g/mol. The highest BCUT2D eigenvalue weighted by molar-refractivity contribution is 7.87. The molecule has 0 bridgehead atoms. The van der Waals surface area contributed by atoms with Crippen molar-refractivity contribution in [3.63, 3.8) is 0 Å². The molecule has 0 aliphatic carbocycles. The number of carbonyl (C=O) groups excluding carboxylic acids is 1. The van der Waals surface area contributed by atoms with Gasteiger partial charge >= 0.3 is 13.3 Å². The van der Waals surface area contributed by atoms with Crippen molar-refractivity contribution >= 4 is 23.7 Å². The average Bonchev–Trinajstić information content (AvgIpc) is 2.78. The van der Waals surface area contributed by atoms with Gasteiger partial charge in [-0.15, -0.1) is 0 Å². The fraction of sp³-hybridized carbons (Fsp3) is 0.409. The largest absolute Gasteiger partial charge is 0.399 e. The molecule has 1 atom stereocenters. The monoisotopic (exact) mass is 533 g/mol. The Labute approximate surface area is 203 Å². The first-order valence-corrected chi connectivity index (χ1v) is 13.8. The van der Waals surface area contributed by atoms with Crippen LogP contribution in [0.5, 0.6) is 0 Å². The number of hydrogen-bond acceptors (Lipinski definition) is 4. The zero-order chi connectivity index (χ0) is 26.3. The molecule has 4 N–H and O–H groups in total. The summed E-state index contributed by atoms with van der Waals surface area (Å²) in [6.45, 7) is 0.319. The number of nitrogens with zero attached hydrogens (tertiary/aromatic N) is 1. The third-order valence-corrected chi connectivity index (χ3v) is 7.76. The Balaban J connectivity index is 2.05. The molecule has 9 nitrogen and oxygen atoms in total. The first-order chi connectivity index (χ1) is 16.2. The molecule has 0 saturated carbocycles. The highest BCUT2D eigenvalue weighted by atomic mass is 32.2. The Morgan fingerprint density at radius 3 is 2.17 bits per heavy atom. The van der Waals surface area contributed by atoms with Gasteiger partial charge in [-0.1, -0.05) is 54.6 Å². The van der Waals surface area contributed by atoms with E-state index in [2.05, 4.69) is 10.0 Å². The van der Waals surface area contributed by atoms with Crippen LogP contribution in [0.1, 0.15) is 29.5 Å². The van der Waals surface area contributed by atoms with Gasteiger partial charge in [0.05, 0.1) is 0 Å². The summed E-state index contributed by atoms with van der Waals surface area (Å²) >= 11 is 0. The third kappa shape index (κ3) is 8.45. The molecule has 0 aliphatic heterocycles. The van der Waals surface area contributed by atoms with Gasteiger partial charge in [-0.05, 0) is 36.8 Å². The van der Waals surface area contributed by atoms with Crippen LogP contribution in [0, 0.1) is 0 Å².